The molecular weight excluding hydrogens is 491 g/mol. The summed E-state index contributed by atoms with van der Waals surface area (Å²) in [4.78, 5) is 31.6. The van der Waals surface area contributed by atoms with Gasteiger partial charge in [-0.05, 0) is 59.9 Å². The Bertz CT molecular complexity index is 1000. The van der Waals surface area contributed by atoms with Crippen LogP contribution in [-0.2, 0) is 20.7 Å². The molecule has 1 unspecified atom stereocenters. The molecule has 0 radical (unpaired) electrons. The highest BCUT2D eigenvalue weighted by Gasteiger charge is 2.35. The minimum atomic E-state index is -0.296. The minimum Gasteiger partial charge on any atom is -0.382 e. The lowest BCUT2D eigenvalue weighted by Gasteiger charge is -2.38. The maximum atomic E-state index is 13.7. The van der Waals surface area contributed by atoms with Gasteiger partial charge in [-0.15, -0.1) is 11.3 Å². The number of nitrogens with zero attached hydrogens (tertiary/aromatic N) is 2. The second-order valence-electron chi connectivity index (χ2n) is 9.81. The van der Waals surface area contributed by atoms with Crippen molar-refractivity contribution in [1.82, 2.24) is 9.80 Å². The summed E-state index contributed by atoms with van der Waals surface area (Å²) in [5.41, 5.74) is 1.79. The Kier molecular flexibility index (Phi) is 9.44. The smallest absolute Gasteiger partial charge is 0.242 e. The molecule has 34 heavy (non-hydrogen) atoms. The molecule has 0 saturated carbocycles. The minimum absolute atomic E-state index is 0.00773. The van der Waals surface area contributed by atoms with Crippen LogP contribution in [0.1, 0.15) is 62.6 Å². The van der Waals surface area contributed by atoms with Crippen LogP contribution in [0, 0.1) is 5.41 Å². The van der Waals surface area contributed by atoms with Crippen LogP contribution in [0.2, 0.25) is 10.0 Å². The van der Waals surface area contributed by atoms with Gasteiger partial charge in [-0.1, -0.05) is 50.0 Å². The number of halogens is 2. The van der Waals surface area contributed by atoms with Crippen LogP contribution in [0.4, 0.5) is 0 Å². The molecule has 0 bridgehead atoms. The molecule has 1 atom stereocenters. The van der Waals surface area contributed by atoms with Gasteiger partial charge in [0.15, 0.2) is 0 Å². The predicted molar refractivity (Wildman–Crippen MR) is 140 cm³/mol. The maximum Gasteiger partial charge on any atom is 0.242 e. The number of fused-ring (bicyclic) bond motifs is 1. The number of carbonyl (C=O) groups is 2. The van der Waals surface area contributed by atoms with Crippen LogP contribution in [0.5, 0.6) is 0 Å². The third-order valence-corrected chi connectivity index (χ3v) is 7.38. The number of hydrogen-bond donors (Lipinski definition) is 0. The van der Waals surface area contributed by atoms with Crippen molar-refractivity contribution in [2.45, 2.75) is 53.0 Å². The van der Waals surface area contributed by atoms with Crippen LogP contribution in [0.25, 0.3) is 0 Å². The molecule has 1 aliphatic rings. The molecule has 3 rings (SSSR count). The molecule has 1 aromatic carbocycles. The van der Waals surface area contributed by atoms with E-state index in [1.54, 1.807) is 28.4 Å². The van der Waals surface area contributed by atoms with Gasteiger partial charge in [0, 0.05) is 47.6 Å². The highest BCUT2D eigenvalue weighted by Crippen LogP contribution is 2.41. The fraction of sp³-hybridized carbons (Fsp3) is 0.538. The number of thiophene rings is 1. The van der Waals surface area contributed by atoms with Crippen LogP contribution in [0.15, 0.2) is 29.6 Å². The molecule has 1 aliphatic heterocycles. The van der Waals surface area contributed by atoms with Crippen LogP contribution < -0.4 is 0 Å². The molecule has 2 amide bonds. The average molecular weight is 526 g/mol. The van der Waals surface area contributed by atoms with E-state index in [0.717, 1.165) is 17.5 Å². The summed E-state index contributed by atoms with van der Waals surface area (Å²) in [5, 5.41) is 3.15. The number of amides is 2. The van der Waals surface area contributed by atoms with E-state index >= 15 is 0 Å². The Labute approximate surface area is 217 Å². The highest BCUT2D eigenvalue weighted by molar-refractivity contribution is 7.10. The normalized spacial score (nSPS) is 15.8. The van der Waals surface area contributed by atoms with Crippen molar-refractivity contribution in [3.05, 3.63) is 55.7 Å². The summed E-state index contributed by atoms with van der Waals surface area (Å²) in [6, 6.07) is 7.19. The van der Waals surface area contributed by atoms with Crippen LogP contribution in [-0.4, -0.2) is 54.5 Å². The van der Waals surface area contributed by atoms with E-state index in [4.69, 9.17) is 27.9 Å². The summed E-state index contributed by atoms with van der Waals surface area (Å²) in [7, 11) is 0. The van der Waals surface area contributed by atoms with Crippen molar-refractivity contribution in [3.8, 4) is 0 Å². The Balaban J connectivity index is 1.85. The van der Waals surface area contributed by atoms with Gasteiger partial charge in [0.1, 0.15) is 0 Å². The first-order valence-corrected chi connectivity index (χ1v) is 13.4. The first kappa shape index (κ1) is 27.0. The SMILES string of the molecule is CCOCCCN(CC(=O)N1CCc2sccc2C1c1ccc(Cl)cc1Cl)C(=O)CC(C)(C)C. The van der Waals surface area contributed by atoms with Gasteiger partial charge in [0.25, 0.3) is 0 Å². The van der Waals surface area contributed by atoms with E-state index in [0.29, 0.717) is 49.2 Å². The molecule has 186 valence electrons. The number of benzene rings is 1. The molecule has 8 heteroatoms. The lowest BCUT2D eigenvalue weighted by molar-refractivity contribution is -0.143. The molecule has 0 saturated heterocycles. The van der Waals surface area contributed by atoms with E-state index in [1.165, 1.54) is 4.88 Å². The fourth-order valence-corrected chi connectivity index (χ4v) is 5.67. The molecular formula is C26H34Cl2N2O3S. The maximum absolute atomic E-state index is 13.7. The van der Waals surface area contributed by atoms with E-state index in [9.17, 15) is 9.59 Å². The van der Waals surface area contributed by atoms with Crippen molar-refractivity contribution in [1.29, 1.82) is 0 Å². The molecule has 0 N–H and O–H groups in total. The van der Waals surface area contributed by atoms with Crippen molar-refractivity contribution >= 4 is 46.4 Å². The third-order valence-electron chi connectivity index (χ3n) is 5.82. The molecule has 2 aromatic rings. The van der Waals surface area contributed by atoms with Gasteiger partial charge in [0.05, 0.1) is 12.6 Å². The second kappa shape index (κ2) is 11.9. The summed E-state index contributed by atoms with van der Waals surface area (Å²) >= 11 is 14.4. The zero-order valence-corrected chi connectivity index (χ0v) is 22.7. The van der Waals surface area contributed by atoms with E-state index in [1.807, 2.05) is 38.7 Å². The predicted octanol–water partition coefficient (Wildman–Crippen LogP) is 6.22. The van der Waals surface area contributed by atoms with E-state index in [-0.39, 0.29) is 29.8 Å². The molecule has 0 aliphatic carbocycles. The molecule has 5 nitrogen and oxygen atoms in total. The van der Waals surface area contributed by atoms with Gasteiger partial charge in [-0.2, -0.15) is 0 Å². The van der Waals surface area contributed by atoms with Crippen molar-refractivity contribution in [3.63, 3.8) is 0 Å². The molecule has 0 fully saturated rings. The monoisotopic (exact) mass is 524 g/mol. The Morgan fingerprint density at radius 3 is 2.65 bits per heavy atom. The molecule has 0 spiro atoms. The van der Waals surface area contributed by atoms with Gasteiger partial charge < -0.3 is 14.5 Å². The zero-order chi connectivity index (χ0) is 24.9. The van der Waals surface area contributed by atoms with Crippen molar-refractivity contribution < 1.29 is 14.3 Å². The first-order valence-electron chi connectivity index (χ1n) is 11.8. The third kappa shape index (κ3) is 6.97. The number of carbonyl (C=O) groups excluding carboxylic acids is 2. The standard InChI is InChI=1S/C26H34Cl2N2O3S/c1-5-33-13-6-11-29(23(31)16-26(2,3)4)17-24(32)30-12-9-22-20(10-14-34-22)25(30)19-8-7-18(27)15-21(19)28/h7-8,10,14-15,25H,5-6,9,11-13,16-17H2,1-4H3. The number of rotatable bonds is 9. The Morgan fingerprint density at radius 1 is 1.21 bits per heavy atom. The van der Waals surface area contributed by atoms with E-state index < -0.39 is 0 Å². The Morgan fingerprint density at radius 2 is 1.97 bits per heavy atom. The lowest BCUT2D eigenvalue weighted by Crippen LogP contribution is -2.47. The summed E-state index contributed by atoms with van der Waals surface area (Å²) in [6.45, 7) is 10.4. The van der Waals surface area contributed by atoms with Crippen LogP contribution >= 0.6 is 34.5 Å². The molecule has 2 heterocycles. The second-order valence-corrected chi connectivity index (χ2v) is 11.7. The van der Waals surface area contributed by atoms with Gasteiger partial charge in [0.2, 0.25) is 11.8 Å². The lowest BCUT2D eigenvalue weighted by atomic mass is 9.91. The fourth-order valence-electron chi connectivity index (χ4n) is 4.26. The summed E-state index contributed by atoms with van der Waals surface area (Å²) < 4.78 is 5.46. The summed E-state index contributed by atoms with van der Waals surface area (Å²) in [5.74, 6) is -0.0850. The average Bonchev–Trinajstić information content (AvgIpc) is 3.23. The zero-order valence-electron chi connectivity index (χ0n) is 20.4. The number of hydrogen-bond acceptors (Lipinski definition) is 4. The topological polar surface area (TPSA) is 49.9 Å². The highest BCUT2D eigenvalue weighted by atomic mass is 35.5. The quantitative estimate of drug-likeness (QED) is 0.365. The van der Waals surface area contributed by atoms with Gasteiger partial charge in [-0.25, -0.2) is 0 Å². The van der Waals surface area contributed by atoms with Crippen LogP contribution in [0.3, 0.4) is 0 Å². The van der Waals surface area contributed by atoms with Crippen molar-refractivity contribution in [2.75, 3.05) is 32.8 Å². The van der Waals surface area contributed by atoms with Gasteiger partial charge >= 0.3 is 0 Å². The number of ether oxygens (including phenoxy) is 1. The largest absolute Gasteiger partial charge is 0.382 e. The van der Waals surface area contributed by atoms with E-state index in [2.05, 4.69) is 11.4 Å². The van der Waals surface area contributed by atoms with Gasteiger partial charge in [-0.3, -0.25) is 9.59 Å². The van der Waals surface area contributed by atoms with Crippen molar-refractivity contribution in [2.24, 2.45) is 5.41 Å². The Hall–Kier alpha value is -1.60. The summed E-state index contributed by atoms with van der Waals surface area (Å²) in [6.07, 6.45) is 1.87. The first-order chi connectivity index (χ1) is 16.1. The molecule has 1 aromatic heterocycles.